The van der Waals surface area contributed by atoms with E-state index in [-0.39, 0.29) is 11.9 Å². The summed E-state index contributed by atoms with van der Waals surface area (Å²) in [6.45, 7) is 2.88. The second-order valence-corrected chi connectivity index (χ2v) is 6.15. The summed E-state index contributed by atoms with van der Waals surface area (Å²) in [6, 6.07) is -0.577. The first-order valence-electron chi connectivity index (χ1n) is 7.97. The summed E-state index contributed by atoms with van der Waals surface area (Å²) < 4.78 is 4.83. The van der Waals surface area contributed by atoms with Gasteiger partial charge in [0.25, 0.3) is 11.8 Å². The molecule has 128 valence electrons. The lowest BCUT2D eigenvalue weighted by Crippen LogP contribution is -2.44. The number of nitrogens with zero attached hydrogens (tertiary/aromatic N) is 1. The highest BCUT2D eigenvalue weighted by atomic mass is 16.5. The Kier molecular flexibility index (Phi) is 5.23. The highest BCUT2D eigenvalue weighted by Crippen LogP contribution is 2.34. The smallest absolute Gasteiger partial charge is 0.326 e. The Morgan fingerprint density at radius 1 is 1.35 bits per heavy atom. The molecule has 2 N–H and O–H groups in total. The van der Waals surface area contributed by atoms with Crippen LogP contribution in [-0.4, -0.2) is 53.4 Å². The van der Waals surface area contributed by atoms with E-state index in [1.54, 1.807) is 0 Å². The monoisotopic (exact) mass is 325 g/mol. The van der Waals surface area contributed by atoms with Gasteiger partial charge in [0.2, 0.25) is 0 Å². The van der Waals surface area contributed by atoms with Crippen LogP contribution in [0.4, 0.5) is 4.79 Å². The first kappa shape index (κ1) is 17.2. The van der Waals surface area contributed by atoms with Crippen molar-refractivity contribution in [2.45, 2.75) is 57.5 Å². The minimum Gasteiger partial charge on any atom is -0.454 e. The molecule has 8 nitrogen and oxygen atoms in total. The average Bonchev–Trinajstić information content (AvgIpc) is 3.06. The van der Waals surface area contributed by atoms with E-state index in [1.807, 2.05) is 13.8 Å². The summed E-state index contributed by atoms with van der Waals surface area (Å²) in [4.78, 5) is 48.5. The number of rotatable bonds is 6. The van der Waals surface area contributed by atoms with Crippen molar-refractivity contribution in [1.82, 2.24) is 15.5 Å². The van der Waals surface area contributed by atoms with Crippen molar-refractivity contribution in [2.75, 3.05) is 13.2 Å². The lowest BCUT2D eigenvalue weighted by atomic mass is 9.98. The van der Waals surface area contributed by atoms with Gasteiger partial charge in [-0.1, -0.05) is 19.8 Å². The van der Waals surface area contributed by atoms with E-state index in [0.717, 1.165) is 24.2 Å². The molecule has 0 radical (unpaired) electrons. The summed E-state index contributed by atoms with van der Waals surface area (Å²) in [5, 5.41) is 5.34. The third-order valence-corrected chi connectivity index (χ3v) is 4.37. The van der Waals surface area contributed by atoms with Crippen LogP contribution in [-0.2, 0) is 19.1 Å². The van der Waals surface area contributed by atoms with Crippen LogP contribution in [0.2, 0.25) is 0 Å². The quantitative estimate of drug-likeness (QED) is 0.540. The molecule has 23 heavy (non-hydrogen) atoms. The van der Waals surface area contributed by atoms with Gasteiger partial charge >= 0.3 is 12.0 Å². The Morgan fingerprint density at radius 2 is 2.00 bits per heavy atom. The summed E-state index contributed by atoms with van der Waals surface area (Å²) in [6.07, 6.45) is 3.71. The molecule has 0 aromatic carbocycles. The van der Waals surface area contributed by atoms with Crippen LogP contribution in [0.5, 0.6) is 0 Å². The molecule has 1 heterocycles. The number of ether oxygens (including phenoxy) is 1. The summed E-state index contributed by atoms with van der Waals surface area (Å²) >= 11 is 0. The number of esters is 1. The van der Waals surface area contributed by atoms with Crippen LogP contribution in [0.25, 0.3) is 0 Å². The molecular formula is C15H23N3O5. The zero-order valence-corrected chi connectivity index (χ0v) is 13.5. The fourth-order valence-electron chi connectivity index (χ4n) is 2.88. The van der Waals surface area contributed by atoms with Crippen LogP contribution >= 0.6 is 0 Å². The van der Waals surface area contributed by atoms with Gasteiger partial charge in [-0.25, -0.2) is 4.79 Å². The fraction of sp³-hybridized carbons (Fsp3) is 0.733. The van der Waals surface area contributed by atoms with Crippen molar-refractivity contribution in [3.8, 4) is 0 Å². The number of hydrogen-bond donors (Lipinski definition) is 2. The van der Waals surface area contributed by atoms with Gasteiger partial charge in [0.15, 0.2) is 6.61 Å². The van der Waals surface area contributed by atoms with Gasteiger partial charge in [0, 0.05) is 6.04 Å². The van der Waals surface area contributed by atoms with E-state index in [4.69, 9.17) is 4.74 Å². The van der Waals surface area contributed by atoms with Crippen molar-refractivity contribution >= 4 is 23.8 Å². The lowest BCUT2D eigenvalue weighted by Gasteiger charge is -2.19. The van der Waals surface area contributed by atoms with Crippen molar-refractivity contribution in [2.24, 2.45) is 0 Å². The second kappa shape index (κ2) is 6.97. The zero-order valence-electron chi connectivity index (χ0n) is 13.5. The molecule has 1 saturated carbocycles. The number of urea groups is 1. The number of nitrogens with one attached hydrogen (secondary N) is 2. The second-order valence-electron chi connectivity index (χ2n) is 6.15. The number of carbonyl (C=O) groups is 4. The van der Waals surface area contributed by atoms with Gasteiger partial charge in [0.1, 0.15) is 12.1 Å². The molecule has 1 aliphatic carbocycles. The molecule has 2 rings (SSSR count). The van der Waals surface area contributed by atoms with E-state index in [2.05, 4.69) is 10.6 Å². The van der Waals surface area contributed by atoms with Crippen molar-refractivity contribution in [3.63, 3.8) is 0 Å². The standard InChI is InChI=1S/C15H23N3O5/c1-3-10(2)16-11(19)9-23-12(20)8-18-13(21)15(17-14(18)22)6-4-5-7-15/h10H,3-9H2,1-2H3,(H,16,19)(H,17,22)/t10-/m1/s1. The molecule has 1 atom stereocenters. The largest absolute Gasteiger partial charge is 0.454 e. The van der Waals surface area contributed by atoms with Gasteiger partial charge in [-0.2, -0.15) is 0 Å². The summed E-state index contributed by atoms with van der Waals surface area (Å²) in [7, 11) is 0. The molecule has 0 bridgehead atoms. The van der Waals surface area contributed by atoms with Gasteiger partial charge in [-0.15, -0.1) is 0 Å². The van der Waals surface area contributed by atoms with Crippen LogP contribution < -0.4 is 10.6 Å². The van der Waals surface area contributed by atoms with Gasteiger partial charge in [0.05, 0.1) is 0 Å². The first-order valence-corrected chi connectivity index (χ1v) is 7.97. The van der Waals surface area contributed by atoms with E-state index in [1.165, 1.54) is 0 Å². The van der Waals surface area contributed by atoms with Crippen molar-refractivity contribution in [1.29, 1.82) is 0 Å². The fourth-order valence-corrected chi connectivity index (χ4v) is 2.88. The molecule has 1 spiro atoms. The van der Waals surface area contributed by atoms with Crippen molar-refractivity contribution < 1.29 is 23.9 Å². The average molecular weight is 325 g/mol. The molecular weight excluding hydrogens is 302 g/mol. The Bertz CT molecular complexity index is 513. The maximum Gasteiger partial charge on any atom is 0.326 e. The van der Waals surface area contributed by atoms with E-state index in [0.29, 0.717) is 12.8 Å². The van der Waals surface area contributed by atoms with E-state index < -0.39 is 36.6 Å². The molecule has 1 aliphatic heterocycles. The summed E-state index contributed by atoms with van der Waals surface area (Å²) in [5.41, 5.74) is -0.842. The highest BCUT2D eigenvalue weighted by molar-refractivity contribution is 6.08. The topological polar surface area (TPSA) is 105 Å². The zero-order chi connectivity index (χ0) is 17.0. The molecule has 8 heteroatoms. The minimum atomic E-state index is -0.842. The van der Waals surface area contributed by atoms with E-state index >= 15 is 0 Å². The number of carbonyl (C=O) groups excluding carboxylic acids is 4. The van der Waals surface area contributed by atoms with Gasteiger partial charge in [-0.3, -0.25) is 19.3 Å². The van der Waals surface area contributed by atoms with Crippen molar-refractivity contribution in [3.05, 3.63) is 0 Å². The number of imide groups is 1. The van der Waals surface area contributed by atoms with Crippen LogP contribution in [0.15, 0.2) is 0 Å². The normalized spacial score (nSPS) is 20.5. The molecule has 2 fully saturated rings. The Morgan fingerprint density at radius 3 is 2.61 bits per heavy atom. The highest BCUT2D eigenvalue weighted by Gasteiger charge is 2.52. The maximum atomic E-state index is 12.4. The Labute approximate surface area is 134 Å². The summed E-state index contributed by atoms with van der Waals surface area (Å²) in [5.74, 6) is -1.55. The number of amides is 4. The molecule has 0 aromatic rings. The SMILES string of the molecule is CC[C@@H](C)NC(=O)COC(=O)CN1C(=O)NC2(CCCC2)C1=O. The molecule has 2 aliphatic rings. The molecule has 1 saturated heterocycles. The van der Waals surface area contributed by atoms with Gasteiger partial charge < -0.3 is 15.4 Å². The van der Waals surface area contributed by atoms with Crippen LogP contribution in [0.1, 0.15) is 46.0 Å². The molecule has 0 aromatic heterocycles. The van der Waals surface area contributed by atoms with E-state index in [9.17, 15) is 19.2 Å². The Balaban J connectivity index is 1.82. The predicted molar refractivity (Wildman–Crippen MR) is 80.3 cm³/mol. The van der Waals surface area contributed by atoms with Crippen LogP contribution in [0.3, 0.4) is 0 Å². The predicted octanol–water partition coefficient (Wildman–Crippen LogP) is 0.309. The van der Waals surface area contributed by atoms with Crippen LogP contribution in [0, 0.1) is 0 Å². The lowest BCUT2D eigenvalue weighted by molar-refractivity contribution is -0.151. The Hall–Kier alpha value is -2.12. The molecule has 0 unspecified atom stereocenters. The number of hydrogen-bond acceptors (Lipinski definition) is 5. The molecule has 4 amide bonds. The third-order valence-electron chi connectivity index (χ3n) is 4.37. The first-order chi connectivity index (χ1) is 10.9. The van der Waals surface area contributed by atoms with Gasteiger partial charge in [-0.05, 0) is 26.2 Å². The third kappa shape index (κ3) is 3.80. The minimum absolute atomic E-state index is 0.00522. The maximum absolute atomic E-state index is 12.4.